The average molecular weight is 357 g/mol. The summed E-state index contributed by atoms with van der Waals surface area (Å²) in [6.45, 7) is 7.13. The number of amides is 1. The Hall–Kier alpha value is -3.03. The van der Waals surface area contributed by atoms with E-state index < -0.39 is 11.1 Å². The molecule has 136 valence electrons. The molecule has 0 aliphatic heterocycles. The van der Waals surface area contributed by atoms with Gasteiger partial charge in [0.15, 0.2) is 0 Å². The fourth-order valence-corrected chi connectivity index (χ4v) is 2.70. The number of carbonyl (C=O) groups is 1. The zero-order chi connectivity index (χ0) is 19.1. The molecule has 0 spiro atoms. The topological polar surface area (TPSA) is 81.8 Å². The molecule has 1 N–H and O–H groups in total. The van der Waals surface area contributed by atoms with Gasteiger partial charge in [-0.25, -0.2) is 13.8 Å². The number of aromatic nitrogens is 4. The third kappa shape index (κ3) is 3.49. The summed E-state index contributed by atoms with van der Waals surface area (Å²) in [5.74, 6) is -0.682. The molecule has 0 fully saturated rings. The fourth-order valence-electron chi connectivity index (χ4n) is 2.70. The maximum Gasteiger partial charge on any atom is 0.293 e. The Morgan fingerprint density at radius 2 is 1.88 bits per heavy atom. The molecule has 0 unspecified atom stereocenters. The van der Waals surface area contributed by atoms with Crippen molar-refractivity contribution < 1.29 is 9.18 Å². The van der Waals surface area contributed by atoms with Crippen molar-refractivity contribution in [3.8, 4) is 5.69 Å². The summed E-state index contributed by atoms with van der Waals surface area (Å²) < 4.78 is 15.7. The minimum atomic E-state index is -0.434. The summed E-state index contributed by atoms with van der Waals surface area (Å²) in [5.41, 5.74) is 0.589. The maximum atomic E-state index is 13.2. The van der Waals surface area contributed by atoms with Crippen LogP contribution in [0.1, 0.15) is 26.5 Å². The second kappa shape index (κ2) is 6.36. The smallest absolute Gasteiger partial charge is 0.293 e. The molecule has 0 radical (unpaired) electrons. The number of hydrogen-bond acceptors (Lipinski definition) is 4. The lowest BCUT2D eigenvalue weighted by Crippen LogP contribution is -2.44. The van der Waals surface area contributed by atoms with E-state index in [0.717, 1.165) is 4.68 Å². The summed E-state index contributed by atoms with van der Waals surface area (Å²) >= 11 is 0. The van der Waals surface area contributed by atoms with Crippen molar-refractivity contribution in [3.05, 3.63) is 52.3 Å². The monoisotopic (exact) mass is 357 g/mol. The van der Waals surface area contributed by atoms with E-state index in [1.54, 1.807) is 13.1 Å². The van der Waals surface area contributed by atoms with Crippen molar-refractivity contribution in [1.82, 2.24) is 24.9 Å². The van der Waals surface area contributed by atoms with Crippen molar-refractivity contribution in [2.24, 2.45) is 0 Å². The summed E-state index contributed by atoms with van der Waals surface area (Å²) in [5, 5.41) is 11.9. The van der Waals surface area contributed by atoms with Gasteiger partial charge < -0.3 is 5.32 Å². The molecular weight excluding hydrogens is 337 g/mol. The van der Waals surface area contributed by atoms with E-state index in [9.17, 15) is 14.0 Å². The number of aryl methyl sites for hydroxylation is 1. The van der Waals surface area contributed by atoms with Crippen LogP contribution in [0.4, 0.5) is 4.39 Å². The van der Waals surface area contributed by atoms with Gasteiger partial charge in [0, 0.05) is 10.9 Å². The summed E-state index contributed by atoms with van der Waals surface area (Å²) in [4.78, 5) is 25.1. The Labute approximate surface area is 149 Å². The molecule has 0 aliphatic carbocycles. The number of benzene rings is 1. The van der Waals surface area contributed by atoms with Crippen molar-refractivity contribution in [2.75, 3.05) is 0 Å². The molecule has 1 aromatic carbocycles. The van der Waals surface area contributed by atoms with Crippen LogP contribution in [0.15, 0.2) is 35.3 Å². The zero-order valence-corrected chi connectivity index (χ0v) is 15.1. The molecule has 0 aliphatic rings. The van der Waals surface area contributed by atoms with Gasteiger partial charge >= 0.3 is 0 Å². The maximum absolute atomic E-state index is 13.2. The Morgan fingerprint density at radius 1 is 1.23 bits per heavy atom. The lowest BCUT2D eigenvalue weighted by atomic mass is 10.1. The van der Waals surface area contributed by atoms with E-state index in [4.69, 9.17) is 0 Å². The van der Waals surface area contributed by atoms with Gasteiger partial charge in [-0.1, -0.05) is 0 Å². The van der Waals surface area contributed by atoms with Crippen LogP contribution in [0.2, 0.25) is 0 Å². The van der Waals surface area contributed by atoms with Gasteiger partial charge in [0.1, 0.15) is 17.9 Å². The molecule has 0 atom stereocenters. The van der Waals surface area contributed by atoms with Gasteiger partial charge in [-0.2, -0.15) is 10.2 Å². The van der Waals surface area contributed by atoms with Gasteiger partial charge in [-0.05, 0) is 52.0 Å². The van der Waals surface area contributed by atoms with Crippen molar-refractivity contribution in [2.45, 2.75) is 39.8 Å². The number of nitrogens with one attached hydrogen (secondary N) is 1. The molecule has 0 saturated heterocycles. The number of hydrogen-bond donors (Lipinski definition) is 1. The van der Waals surface area contributed by atoms with E-state index in [2.05, 4.69) is 15.5 Å². The summed E-state index contributed by atoms with van der Waals surface area (Å²) in [7, 11) is 0. The van der Waals surface area contributed by atoms with Gasteiger partial charge in [0.25, 0.3) is 5.56 Å². The molecule has 3 rings (SSSR count). The first-order valence-electron chi connectivity index (χ1n) is 8.18. The van der Waals surface area contributed by atoms with Gasteiger partial charge in [0.05, 0.1) is 17.6 Å². The quantitative estimate of drug-likeness (QED) is 0.777. The van der Waals surface area contributed by atoms with Crippen LogP contribution < -0.4 is 10.9 Å². The molecular formula is C18H20FN5O2. The van der Waals surface area contributed by atoms with E-state index in [0.29, 0.717) is 22.3 Å². The molecule has 1 amide bonds. The highest BCUT2D eigenvalue weighted by Gasteiger charge is 2.19. The average Bonchev–Trinajstić information content (AvgIpc) is 2.97. The third-order valence-corrected chi connectivity index (χ3v) is 3.75. The summed E-state index contributed by atoms with van der Waals surface area (Å²) in [6, 6.07) is 5.67. The number of nitrogens with zero attached hydrogens (tertiary/aromatic N) is 4. The SMILES string of the molecule is Cc1nn(CC(=O)NC(C)(C)C)c(=O)c2c1cnn2-c1ccc(F)cc1. The highest BCUT2D eigenvalue weighted by atomic mass is 19.1. The van der Waals surface area contributed by atoms with Crippen LogP contribution >= 0.6 is 0 Å². The van der Waals surface area contributed by atoms with Crippen molar-refractivity contribution in [1.29, 1.82) is 0 Å². The molecule has 0 bridgehead atoms. The Kier molecular flexibility index (Phi) is 4.35. The van der Waals surface area contributed by atoms with Gasteiger partial charge in [0.2, 0.25) is 5.91 Å². The van der Waals surface area contributed by atoms with Crippen LogP contribution in [0.5, 0.6) is 0 Å². The van der Waals surface area contributed by atoms with Crippen molar-refractivity contribution >= 4 is 16.8 Å². The Morgan fingerprint density at radius 3 is 2.50 bits per heavy atom. The minimum absolute atomic E-state index is 0.193. The molecule has 3 aromatic rings. The highest BCUT2D eigenvalue weighted by molar-refractivity contribution is 5.82. The molecule has 26 heavy (non-hydrogen) atoms. The molecule has 0 saturated carbocycles. The molecule has 2 heterocycles. The summed E-state index contributed by atoms with van der Waals surface area (Å²) in [6.07, 6.45) is 1.54. The van der Waals surface area contributed by atoms with E-state index in [1.165, 1.54) is 28.9 Å². The predicted octanol–water partition coefficient (Wildman–Crippen LogP) is 1.94. The van der Waals surface area contributed by atoms with E-state index in [1.807, 2.05) is 20.8 Å². The molecule has 2 aromatic heterocycles. The number of rotatable bonds is 3. The standard InChI is InChI=1S/C18H20FN5O2/c1-11-14-9-20-24(13-7-5-12(19)6-8-13)16(14)17(26)23(22-11)10-15(25)21-18(2,3)4/h5-9H,10H2,1-4H3,(H,21,25). The zero-order valence-electron chi connectivity index (χ0n) is 15.1. The third-order valence-electron chi connectivity index (χ3n) is 3.75. The second-order valence-corrected chi connectivity index (χ2v) is 7.14. The fraction of sp³-hybridized carbons (Fsp3) is 0.333. The lowest BCUT2D eigenvalue weighted by Gasteiger charge is -2.20. The van der Waals surface area contributed by atoms with Gasteiger partial charge in [-0.15, -0.1) is 0 Å². The van der Waals surface area contributed by atoms with E-state index in [-0.39, 0.29) is 18.3 Å². The highest BCUT2D eigenvalue weighted by Crippen LogP contribution is 2.17. The first kappa shape index (κ1) is 17.8. The first-order valence-corrected chi connectivity index (χ1v) is 8.18. The predicted molar refractivity (Wildman–Crippen MR) is 95.7 cm³/mol. The van der Waals surface area contributed by atoms with Crippen LogP contribution in [0, 0.1) is 12.7 Å². The number of fused-ring (bicyclic) bond motifs is 1. The van der Waals surface area contributed by atoms with Crippen LogP contribution in [-0.2, 0) is 11.3 Å². The van der Waals surface area contributed by atoms with Crippen LogP contribution in [-0.4, -0.2) is 31.0 Å². The Bertz CT molecular complexity index is 1030. The molecule has 8 heteroatoms. The first-order chi connectivity index (χ1) is 12.2. The van der Waals surface area contributed by atoms with Gasteiger partial charge in [-0.3, -0.25) is 9.59 Å². The second-order valence-electron chi connectivity index (χ2n) is 7.14. The van der Waals surface area contributed by atoms with Crippen LogP contribution in [0.3, 0.4) is 0 Å². The van der Waals surface area contributed by atoms with Crippen LogP contribution in [0.25, 0.3) is 16.6 Å². The molecule has 7 nitrogen and oxygen atoms in total. The lowest BCUT2D eigenvalue weighted by molar-refractivity contribution is -0.123. The number of halogens is 1. The normalized spacial score (nSPS) is 11.7. The van der Waals surface area contributed by atoms with E-state index >= 15 is 0 Å². The Balaban J connectivity index is 2.09. The minimum Gasteiger partial charge on any atom is -0.350 e. The largest absolute Gasteiger partial charge is 0.350 e. The van der Waals surface area contributed by atoms with Crippen molar-refractivity contribution in [3.63, 3.8) is 0 Å². The number of carbonyl (C=O) groups excluding carboxylic acids is 1.